The van der Waals surface area contributed by atoms with E-state index in [0.29, 0.717) is 11.5 Å². The molecule has 0 aliphatic rings. The molecule has 5 heteroatoms. The van der Waals surface area contributed by atoms with Crippen molar-refractivity contribution in [3.63, 3.8) is 0 Å². The fraction of sp³-hybridized carbons (Fsp3) is 0.278. The molecule has 0 aliphatic carbocycles. The Balaban J connectivity index is 2.25. The van der Waals surface area contributed by atoms with E-state index in [0.717, 1.165) is 16.2 Å². The Morgan fingerprint density at radius 2 is 1.57 bits per heavy atom. The fourth-order valence-electron chi connectivity index (χ4n) is 2.15. The van der Waals surface area contributed by atoms with Gasteiger partial charge in [0.1, 0.15) is 11.5 Å². The number of thioether (sulfide) groups is 1. The van der Waals surface area contributed by atoms with Crippen LogP contribution in [0.3, 0.4) is 0 Å². The average Bonchev–Trinajstić information content (AvgIpc) is 2.60. The molecule has 0 aliphatic heterocycles. The molecule has 122 valence electrons. The van der Waals surface area contributed by atoms with Gasteiger partial charge in [0.2, 0.25) is 0 Å². The molecule has 0 fully saturated rings. The Kier molecular flexibility index (Phi) is 6.35. The summed E-state index contributed by atoms with van der Waals surface area (Å²) >= 11 is 1.64. The predicted octanol–water partition coefficient (Wildman–Crippen LogP) is 3.71. The van der Waals surface area contributed by atoms with E-state index >= 15 is 0 Å². The third-order valence-corrected chi connectivity index (χ3v) is 4.49. The van der Waals surface area contributed by atoms with Gasteiger partial charge in [0.25, 0.3) is 0 Å². The molecule has 0 spiro atoms. The molecule has 0 saturated carbocycles. The van der Waals surface area contributed by atoms with Gasteiger partial charge in [0.05, 0.1) is 32.6 Å². The topological polar surface area (TPSA) is 44.8 Å². The van der Waals surface area contributed by atoms with Crippen LogP contribution in [0.2, 0.25) is 0 Å². The van der Waals surface area contributed by atoms with Gasteiger partial charge in [-0.2, -0.15) is 0 Å². The largest absolute Gasteiger partial charge is 0.495 e. The molecule has 0 heterocycles. The zero-order valence-electron chi connectivity index (χ0n) is 13.5. The maximum absolute atomic E-state index is 11.5. The predicted molar refractivity (Wildman–Crippen MR) is 91.3 cm³/mol. The van der Waals surface area contributed by atoms with E-state index in [4.69, 9.17) is 14.2 Å². The zero-order valence-corrected chi connectivity index (χ0v) is 14.3. The highest BCUT2D eigenvalue weighted by Crippen LogP contribution is 2.40. The molecular formula is C18H20O4S. The normalized spacial score (nSPS) is 10.2. The standard InChI is InChI=1S/C18H20O4S/c1-20-15-9-14(11-17(19)22-3)10-16(21-2)18(15)23-12-13-7-5-4-6-8-13/h4-10H,11-12H2,1-3H3. The van der Waals surface area contributed by atoms with Crippen molar-refractivity contribution in [2.75, 3.05) is 21.3 Å². The molecule has 2 aromatic rings. The van der Waals surface area contributed by atoms with Gasteiger partial charge < -0.3 is 14.2 Å². The lowest BCUT2D eigenvalue weighted by Crippen LogP contribution is -2.05. The second kappa shape index (κ2) is 8.48. The van der Waals surface area contributed by atoms with Crippen molar-refractivity contribution in [2.45, 2.75) is 17.1 Å². The van der Waals surface area contributed by atoms with Crippen LogP contribution in [0.15, 0.2) is 47.4 Å². The number of benzene rings is 2. The van der Waals surface area contributed by atoms with Gasteiger partial charge >= 0.3 is 5.97 Å². The first-order chi connectivity index (χ1) is 11.2. The van der Waals surface area contributed by atoms with Crippen LogP contribution in [0.5, 0.6) is 11.5 Å². The maximum atomic E-state index is 11.5. The SMILES string of the molecule is COC(=O)Cc1cc(OC)c(SCc2ccccc2)c(OC)c1. The number of carbonyl (C=O) groups is 1. The smallest absolute Gasteiger partial charge is 0.309 e. The summed E-state index contributed by atoms with van der Waals surface area (Å²) in [6, 6.07) is 13.9. The summed E-state index contributed by atoms with van der Waals surface area (Å²) in [5.74, 6) is 1.91. The molecule has 23 heavy (non-hydrogen) atoms. The zero-order chi connectivity index (χ0) is 16.7. The van der Waals surface area contributed by atoms with E-state index in [1.807, 2.05) is 30.3 Å². The van der Waals surface area contributed by atoms with Crippen LogP contribution in [-0.2, 0) is 21.7 Å². The summed E-state index contributed by atoms with van der Waals surface area (Å²) in [6.07, 6.45) is 0.187. The van der Waals surface area contributed by atoms with E-state index in [1.165, 1.54) is 12.7 Å². The molecule has 4 nitrogen and oxygen atoms in total. The van der Waals surface area contributed by atoms with Gasteiger partial charge in [-0.05, 0) is 23.3 Å². The van der Waals surface area contributed by atoms with E-state index in [2.05, 4.69) is 12.1 Å². The molecule has 0 aromatic heterocycles. The first kappa shape index (κ1) is 17.2. The van der Waals surface area contributed by atoms with Crippen molar-refractivity contribution < 1.29 is 19.0 Å². The third-order valence-electron chi connectivity index (χ3n) is 3.32. The van der Waals surface area contributed by atoms with Crippen molar-refractivity contribution in [3.05, 3.63) is 53.6 Å². The average molecular weight is 332 g/mol. The quantitative estimate of drug-likeness (QED) is 0.571. The van der Waals surface area contributed by atoms with Crippen LogP contribution >= 0.6 is 11.8 Å². The van der Waals surface area contributed by atoms with Crippen molar-refractivity contribution in [1.29, 1.82) is 0 Å². The highest BCUT2D eigenvalue weighted by molar-refractivity contribution is 7.98. The van der Waals surface area contributed by atoms with Crippen molar-refractivity contribution >= 4 is 17.7 Å². The number of rotatable bonds is 7. The number of hydrogen-bond donors (Lipinski definition) is 0. The summed E-state index contributed by atoms with van der Waals surface area (Å²) in [6.45, 7) is 0. The molecule has 0 saturated heterocycles. The van der Waals surface area contributed by atoms with E-state index in [-0.39, 0.29) is 12.4 Å². The summed E-state index contributed by atoms with van der Waals surface area (Å²) in [5.41, 5.74) is 2.02. The molecule has 0 atom stereocenters. The van der Waals surface area contributed by atoms with Gasteiger partial charge in [-0.3, -0.25) is 4.79 Å². The van der Waals surface area contributed by atoms with Crippen LogP contribution < -0.4 is 9.47 Å². The maximum Gasteiger partial charge on any atom is 0.309 e. The molecule has 0 radical (unpaired) electrons. The molecule has 0 amide bonds. The molecular weight excluding hydrogens is 312 g/mol. The minimum atomic E-state index is -0.293. The lowest BCUT2D eigenvalue weighted by Gasteiger charge is -2.15. The second-order valence-corrected chi connectivity index (χ2v) is 5.84. The van der Waals surface area contributed by atoms with Gasteiger partial charge in [-0.15, -0.1) is 11.8 Å². The number of hydrogen-bond acceptors (Lipinski definition) is 5. The lowest BCUT2D eigenvalue weighted by atomic mass is 10.1. The number of carbonyl (C=O) groups excluding carboxylic acids is 1. The van der Waals surface area contributed by atoms with Crippen LogP contribution in [-0.4, -0.2) is 27.3 Å². The summed E-state index contributed by atoms with van der Waals surface area (Å²) in [4.78, 5) is 12.4. The van der Waals surface area contributed by atoms with Gasteiger partial charge in [-0.1, -0.05) is 30.3 Å². The fourth-order valence-corrected chi connectivity index (χ4v) is 3.22. The first-order valence-corrected chi connectivity index (χ1v) is 8.15. The first-order valence-electron chi connectivity index (χ1n) is 7.16. The lowest BCUT2D eigenvalue weighted by molar-refractivity contribution is -0.139. The van der Waals surface area contributed by atoms with Crippen LogP contribution in [0.25, 0.3) is 0 Å². The van der Waals surface area contributed by atoms with Crippen LogP contribution in [0.1, 0.15) is 11.1 Å². The molecule has 2 rings (SSSR count). The Bertz CT molecular complexity index is 630. The van der Waals surface area contributed by atoms with Crippen molar-refractivity contribution in [3.8, 4) is 11.5 Å². The minimum absolute atomic E-state index is 0.187. The van der Waals surface area contributed by atoms with Crippen molar-refractivity contribution in [2.24, 2.45) is 0 Å². The van der Waals surface area contributed by atoms with E-state index in [1.54, 1.807) is 26.0 Å². The van der Waals surface area contributed by atoms with Gasteiger partial charge in [0.15, 0.2) is 0 Å². The Labute approximate surface area is 140 Å². The van der Waals surface area contributed by atoms with Crippen LogP contribution in [0.4, 0.5) is 0 Å². The Morgan fingerprint density at radius 1 is 0.957 bits per heavy atom. The summed E-state index contributed by atoms with van der Waals surface area (Å²) < 4.78 is 15.7. The van der Waals surface area contributed by atoms with E-state index in [9.17, 15) is 4.79 Å². The van der Waals surface area contributed by atoms with Gasteiger partial charge in [0, 0.05) is 5.75 Å². The minimum Gasteiger partial charge on any atom is -0.495 e. The highest BCUT2D eigenvalue weighted by Gasteiger charge is 2.15. The molecule has 0 bridgehead atoms. The van der Waals surface area contributed by atoms with Gasteiger partial charge in [-0.25, -0.2) is 0 Å². The molecule has 2 aromatic carbocycles. The Morgan fingerprint density at radius 3 is 2.09 bits per heavy atom. The Hall–Kier alpha value is -2.14. The number of methoxy groups -OCH3 is 3. The monoisotopic (exact) mass is 332 g/mol. The summed E-state index contributed by atoms with van der Waals surface area (Å²) in [7, 11) is 4.60. The third kappa shape index (κ3) is 4.66. The molecule has 0 N–H and O–H groups in total. The summed E-state index contributed by atoms with van der Waals surface area (Å²) in [5, 5.41) is 0. The van der Waals surface area contributed by atoms with E-state index < -0.39 is 0 Å². The highest BCUT2D eigenvalue weighted by atomic mass is 32.2. The van der Waals surface area contributed by atoms with Crippen molar-refractivity contribution in [1.82, 2.24) is 0 Å². The number of ether oxygens (including phenoxy) is 3. The second-order valence-electron chi connectivity index (χ2n) is 4.86. The number of esters is 1. The van der Waals surface area contributed by atoms with Crippen LogP contribution in [0, 0.1) is 0 Å². The molecule has 0 unspecified atom stereocenters.